The molecule has 1 aliphatic heterocycles. The number of benzene rings is 1. The highest BCUT2D eigenvalue weighted by Gasteiger charge is 2.35. The number of hydrogen-bond donors (Lipinski definition) is 2. The van der Waals surface area contributed by atoms with Gasteiger partial charge in [0, 0.05) is 19.2 Å². The number of aromatic nitrogens is 2. The number of aromatic hydroxyl groups is 1. The number of likely N-dealkylation sites (tertiary alicyclic amines) is 1. The molecule has 1 fully saturated rings. The summed E-state index contributed by atoms with van der Waals surface area (Å²) in [4.78, 5) is 13.8. The summed E-state index contributed by atoms with van der Waals surface area (Å²) in [6, 6.07) is 7.73. The number of H-pyrrole nitrogens is 1. The second-order valence-corrected chi connectivity index (χ2v) is 5.83. The van der Waals surface area contributed by atoms with E-state index in [0.29, 0.717) is 25.9 Å². The molecule has 3 rings (SSSR count). The van der Waals surface area contributed by atoms with E-state index in [1.165, 1.54) is 4.90 Å². The molecule has 8 heteroatoms. The van der Waals surface area contributed by atoms with Gasteiger partial charge >= 0.3 is 6.18 Å². The maximum absolute atomic E-state index is 12.6. The average molecular weight is 339 g/mol. The summed E-state index contributed by atoms with van der Waals surface area (Å²) in [7, 11) is 0. The zero-order valence-corrected chi connectivity index (χ0v) is 12.7. The van der Waals surface area contributed by atoms with E-state index in [-0.39, 0.29) is 17.4 Å². The van der Waals surface area contributed by atoms with E-state index >= 15 is 0 Å². The third kappa shape index (κ3) is 3.37. The van der Waals surface area contributed by atoms with Crippen LogP contribution >= 0.6 is 0 Å². The van der Waals surface area contributed by atoms with Crippen molar-refractivity contribution in [2.75, 3.05) is 13.1 Å². The van der Waals surface area contributed by atoms with Crippen molar-refractivity contribution in [1.82, 2.24) is 15.1 Å². The molecule has 2 N–H and O–H groups in total. The molecular weight excluding hydrogens is 323 g/mol. The van der Waals surface area contributed by atoms with Crippen LogP contribution in [-0.4, -0.2) is 39.2 Å². The number of halogens is 3. The van der Waals surface area contributed by atoms with Crippen LogP contribution in [0.4, 0.5) is 13.2 Å². The van der Waals surface area contributed by atoms with Gasteiger partial charge < -0.3 is 10.0 Å². The average Bonchev–Trinajstić information content (AvgIpc) is 3.04. The molecule has 128 valence electrons. The highest BCUT2D eigenvalue weighted by molar-refractivity contribution is 5.92. The lowest BCUT2D eigenvalue weighted by Gasteiger charge is -2.31. The van der Waals surface area contributed by atoms with Crippen molar-refractivity contribution in [3.05, 3.63) is 47.3 Å². The number of alkyl halides is 3. The Morgan fingerprint density at radius 2 is 1.96 bits per heavy atom. The van der Waals surface area contributed by atoms with Crippen molar-refractivity contribution < 1.29 is 23.1 Å². The van der Waals surface area contributed by atoms with Crippen molar-refractivity contribution in [3.63, 3.8) is 0 Å². The Hall–Kier alpha value is -2.51. The number of piperidine rings is 1. The monoisotopic (exact) mass is 339 g/mol. The van der Waals surface area contributed by atoms with Gasteiger partial charge in [0.25, 0.3) is 5.91 Å². The molecular formula is C16H16F3N3O2. The van der Waals surface area contributed by atoms with E-state index in [4.69, 9.17) is 0 Å². The Balaban J connectivity index is 1.64. The molecule has 2 heterocycles. The lowest BCUT2D eigenvalue weighted by atomic mass is 9.89. The van der Waals surface area contributed by atoms with Gasteiger partial charge in [0.1, 0.15) is 11.4 Å². The standard InChI is InChI=1S/C16H16F3N3O2/c17-16(18,19)14-9-13(20-21-14)15(24)22-6-4-10(5-7-22)11-2-1-3-12(23)8-11/h1-3,8-10,23H,4-7H2,(H,20,21). The summed E-state index contributed by atoms with van der Waals surface area (Å²) in [5, 5.41) is 14.9. The highest BCUT2D eigenvalue weighted by atomic mass is 19.4. The van der Waals surface area contributed by atoms with Crippen LogP contribution < -0.4 is 0 Å². The van der Waals surface area contributed by atoms with Crippen molar-refractivity contribution in [1.29, 1.82) is 0 Å². The van der Waals surface area contributed by atoms with Gasteiger partial charge in [-0.2, -0.15) is 18.3 Å². The van der Waals surface area contributed by atoms with Gasteiger partial charge in [-0.3, -0.25) is 9.89 Å². The van der Waals surface area contributed by atoms with Gasteiger partial charge in [0.2, 0.25) is 0 Å². The molecule has 24 heavy (non-hydrogen) atoms. The summed E-state index contributed by atoms with van der Waals surface area (Å²) in [5.74, 6) is -0.0932. The van der Waals surface area contributed by atoms with Gasteiger partial charge in [-0.25, -0.2) is 0 Å². The normalized spacial score (nSPS) is 16.4. The Morgan fingerprint density at radius 1 is 1.25 bits per heavy atom. The van der Waals surface area contributed by atoms with E-state index in [2.05, 4.69) is 5.10 Å². The first-order valence-electron chi connectivity index (χ1n) is 7.55. The van der Waals surface area contributed by atoms with E-state index in [1.807, 2.05) is 11.2 Å². The molecule has 2 aromatic rings. The lowest BCUT2D eigenvalue weighted by Crippen LogP contribution is -2.38. The van der Waals surface area contributed by atoms with Crippen molar-refractivity contribution in [3.8, 4) is 5.75 Å². The minimum atomic E-state index is -4.55. The first-order chi connectivity index (χ1) is 11.3. The molecule has 0 atom stereocenters. The Morgan fingerprint density at radius 3 is 2.54 bits per heavy atom. The van der Waals surface area contributed by atoms with Crippen LogP contribution in [0.25, 0.3) is 0 Å². The van der Waals surface area contributed by atoms with Gasteiger partial charge in [-0.1, -0.05) is 12.1 Å². The summed E-state index contributed by atoms with van der Waals surface area (Å²) in [6.07, 6.45) is -3.18. The molecule has 0 spiro atoms. The third-order valence-electron chi connectivity index (χ3n) is 4.23. The molecule has 0 saturated carbocycles. The number of aromatic amines is 1. The molecule has 0 unspecified atom stereocenters. The summed E-state index contributed by atoms with van der Waals surface area (Å²) < 4.78 is 37.7. The van der Waals surface area contributed by atoms with E-state index < -0.39 is 17.8 Å². The number of nitrogens with zero attached hydrogens (tertiary/aromatic N) is 2. The fraction of sp³-hybridized carbons (Fsp3) is 0.375. The zero-order valence-electron chi connectivity index (χ0n) is 12.7. The highest BCUT2D eigenvalue weighted by Crippen LogP contribution is 2.31. The quantitative estimate of drug-likeness (QED) is 0.883. The number of hydrogen-bond acceptors (Lipinski definition) is 3. The lowest BCUT2D eigenvalue weighted by molar-refractivity contribution is -0.141. The van der Waals surface area contributed by atoms with Gasteiger partial charge in [0.15, 0.2) is 5.69 Å². The van der Waals surface area contributed by atoms with Gasteiger partial charge in [0.05, 0.1) is 0 Å². The predicted molar refractivity (Wildman–Crippen MR) is 79.6 cm³/mol. The van der Waals surface area contributed by atoms with Crippen molar-refractivity contribution in [2.45, 2.75) is 24.9 Å². The Labute approximate surface area is 136 Å². The molecule has 1 saturated heterocycles. The summed E-state index contributed by atoms with van der Waals surface area (Å²) >= 11 is 0. The molecule has 5 nitrogen and oxygen atoms in total. The van der Waals surface area contributed by atoms with Crippen LogP contribution in [0, 0.1) is 0 Å². The van der Waals surface area contributed by atoms with Crippen LogP contribution in [0.5, 0.6) is 5.75 Å². The predicted octanol–water partition coefficient (Wildman–Crippen LogP) is 3.15. The number of carbonyl (C=O) groups excluding carboxylic acids is 1. The number of phenols is 1. The number of amides is 1. The summed E-state index contributed by atoms with van der Waals surface area (Å²) in [6.45, 7) is 0.876. The molecule has 0 aliphatic carbocycles. The number of rotatable bonds is 2. The van der Waals surface area contributed by atoms with Crippen LogP contribution in [-0.2, 0) is 6.18 Å². The molecule has 1 aromatic heterocycles. The first kappa shape index (κ1) is 16.4. The van der Waals surface area contributed by atoms with E-state index in [9.17, 15) is 23.1 Å². The van der Waals surface area contributed by atoms with Crippen LogP contribution in [0.1, 0.15) is 40.5 Å². The Bertz CT molecular complexity index is 734. The second kappa shape index (κ2) is 6.18. The van der Waals surface area contributed by atoms with Gasteiger partial charge in [-0.15, -0.1) is 0 Å². The number of carbonyl (C=O) groups is 1. The topological polar surface area (TPSA) is 69.2 Å². The SMILES string of the molecule is O=C(c1cc(C(F)(F)F)[nH]n1)N1CCC(c2cccc(O)c2)CC1. The van der Waals surface area contributed by atoms with Crippen molar-refractivity contribution >= 4 is 5.91 Å². The third-order valence-corrected chi connectivity index (χ3v) is 4.23. The van der Waals surface area contributed by atoms with Crippen LogP contribution in [0.2, 0.25) is 0 Å². The zero-order chi connectivity index (χ0) is 17.3. The maximum atomic E-state index is 12.6. The minimum absolute atomic E-state index is 0.196. The smallest absolute Gasteiger partial charge is 0.432 e. The largest absolute Gasteiger partial charge is 0.508 e. The fourth-order valence-corrected chi connectivity index (χ4v) is 2.93. The maximum Gasteiger partial charge on any atom is 0.432 e. The molecule has 1 aliphatic rings. The Kier molecular flexibility index (Phi) is 4.21. The summed E-state index contributed by atoms with van der Waals surface area (Å²) in [5.41, 5.74) is -0.250. The first-order valence-corrected chi connectivity index (χ1v) is 7.55. The minimum Gasteiger partial charge on any atom is -0.508 e. The van der Waals surface area contributed by atoms with Crippen LogP contribution in [0.15, 0.2) is 30.3 Å². The molecule has 1 amide bonds. The van der Waals surface area contributed by atoms with Crippen molar-refractivity contribution in [2.24, 2.45) is 0 Å². The van der Waals surface area contributed by atoms with E-state index in [1.54, 1.807) is 18.2 Å². The van der Waals surface area contributed by atoms with E-state index in [0.717, 1.165) is 11.6 Å². The molecule has 0 bridgehead atoms. The molecule has 1 aromatic carbocycles. The fourth-order valence-electron chi connectivity index (χ4n) is 2.93. The van der Waals surface area contributed by atoms with Crippen LogP contribution in [0.3, 0.4) is 0 Å². The second-order valence-electron chi connectivity index (χ2n) is 5.83. The number of phenolic OH excluding ortho intramolecular Hbond substituents is 1. The molecule has 0 radical (unpaired) electrons. The van der Waals surface area contributed by atoms with Gasteiger partial charge in [-0.05, 0) is 36.5 Å². The number of nitrogens with one attached hydrogen (secondary N) is 1.